The number of carbonyl (C=O) groups excluding carboxylic acids is 1. The van der Waals surface area contributed by atoms with E-state index in [0.29, 0.717) is 12.5 Å². The third-order valence-corrected chi connectivity index (χ3v) is 4.44. The van der Waals surface area contributed by atoms with Gasteiger partial charge in [0.25, 0.3) is 0 Å². The van der Waals surface area contributed by atoms with Gasteiger partial charge in [-0.05, 0) is 38.0 Å². The molecule has 2 saturated carbocycles. The average molecular weight is 261 g/mol. The Balaban J connectivity index is 0.00000144. The van der Waals surface area contributed by atoms with Gasteiger partial charge < -0.3 is 11.1 Å². The van der Waals surface area contributed by atoms with Crippen LogP contribution in [0.3, 0.4) is 0 Å². The minimum atomic E-state index is -0.0662. The number of hydrogen-bond donors (Lipinski definition) is 2. The van der Waals surface area contributed by atoms with Gasteiger partial charge in [-0.2, -0.15) is 0 Å². The van der Waals surface area contributed by atoms with E-state index in [4.69, 9.17) is 5.73 Å². The van der Waals surface area contributed by atoms with Crippen molar-refractivity contribution < 1.29 is 4.79 Å². The highest BCUT2D eigenvalue weighted by molar-refractivity contribution is 5.85. The van der Waals surface area contributed by atoms with Crippen molar-refractivity contribution in [2.45, 2.75) is 57.9 Å². The van der Waals surface area contributed by atoms with Crippen LogP contribution in [0.25, 0.3) is 0 Å². The summed E-state index contributed by atoms with van der Waals surface area (Å²) < 4.78 is 0. The topological polar surface area (TPSA) is 55.1 Å². The molecule has 1 amide bonds. The van der Waals surface area contributed by atoms with Crippen LogP contribution in [0.2, 0.25) is 0 Å². The number of nitrogens with one attached hydrogen (secondary N) is 1. The average Bonchev–Trinajstić information content (AvgIpc) is 3.04. The summed E-state index contributed by atoms with van der Waals surface area (Å²) >= 11 is 0. The first-order chi connectivity index (χ1) is 7.68. The maximum Gasteiger partial charge on any atom is 0.226 e. The fraction of sp³-hybridized carbons (Fsp3) is 0.923. The van der Waals surface area contributed by atoms with Crippen LogP contribution in [-0.4, -0.2) is 18.5 Å². The number of halogens is 1. The second-order valence-corrected chi connectivity index (χ2v) is 5.55. The number of hydrogen-bond acceptors (Lipinski definition) is 2. The van der Waals surface area contributed by atoms with E-state index < -0.39 is 0 Å². The molecule has 2 aliphatic carbocycles. The maximum absolute atomic E-state index is 12.2. The minimum Gasteiger partial charge on any atom is -0.354 e. The fourth-order valence-corrected chi connectivity index (χ4v) is 2.88. The van der Waals surface area contributed by atoms with Crippen LogP contribution >= 0.6 is 12.4 Å². The van der Waals surface area contributed by atoms with Crippen LogP contribution in [-0.2, 0) is 4.79 Å². The van der Waals surface area contributed by atoms with Crippen molar-refractivity contribution in [2.75, 3.05) is 6.54 Å². The molecule has 0 spiro atoms. The lowest BCUT2D eigenvalue weighted by atomic mass is 9.82. The minimum absolute atomic E-state index is 0. The summed E-state index contributed by atoms with van der Waals surface area (Å²) in [5, 5.41) is 3.07. The summed E-state index contributed by atoms with van der Waals surface area (Å²) in [5.41, 5.74) is 5.93. The smallest absolute Gasteiger partial charge is 0.226 e. The van der Waals surface area contributed by atoms with Crippen LogP contribution in [0.4, 0.5) is 0 Å². The predicted molar refractivity (Wildman–Crippen MR) is 72.1 cm³/mol. The molecule has 0 aliphatic heterocycles. The van der Waals surface area contributed by atoms with Crippen LogP contribution in [0.15, 0.2) is 0 Å². The van der Waals surface area contributed by atoms with Crippen molar-refractivity contribution >= 4 is 18.3 Å². The third-order valence-electron chi connectivity index (χ3n) is 4.44. The van der Waals surface area contributed by atoms with Gasteiger partial charge >= 0.3 is 0 Å². The zero-order valence-corrected chi connectivity index (χ0v) is 11.5. The van der Waals surface area contributed by atoms with E-state index in [0.717, 1.165) is 19.3 Å². The fourth-order valence-electron chi connectivity index (χ4n) is 2.88. The summed E-state index contributed by atoms with van der Waals surface area (Å²) in [4.78, 5) is 12.2. The van der Waals surface area contributed by atoms with E-state index >= 15 is 0 Å². The standard InChI is InChI=1S/C13H24N2O.ClH/c1-2-13(7-3-4-8-13)12(16)15-9-11(14)10-5-6-10;/h10-11H,2-9,14H2,1H3,(H,15,16);1H. The number of carbonyl (C=O) groups is 1. The van der Waals surface area contributed by atoms with Crippen molar-refractivity contribution in [3.8, 4) is 0 Å². The molecule has 1 atom stereocenters. The van der Waals surface area contributed by atoms with Gasteiger partial charge in [0.2, 0.25) is 5.91 Å². The van der Waals surface area contributed by atoms with E-state index in [1.165, 1.54) is 25.7 Å². The Hall–Kier alpha value is -0.280. The molecule has 1 unspecified atom stereocenters. The van der Waals surface area contributed by atoms with Crippen LogP contribution in [0, 0.1) is 11.3 Å². The molecule has 0 aromatic rings. The van der Waals surface area contributed by atoms with E-state index in [9.17, 15) is 4.79 Å². The molecule has 3 nitrogen and oxygen atoms in total. The summed E-state index contributed by atoms with van der Waals surface area (Å²) in [5.74, 6) is 0.921. The Morgan fingerprint density at radius 2 is 2.00 bits per heavy atom. The summed E-state index contributed by atoms with van der Waals surface area (Å²) in [6.45, 7) is 2.80. The first kappa shape index (κ1) is 14.8. The van der Waals surface area contributed by atoms with Crippen molar-refractivity contribution in [2.24, 2.45) is 17.1 Å². The highest BCUT2D eigenvalue weighted by Gasteiger charge is 2.39. The van der Waals surface area contributed by atoms with E-state index in [1.807, 2.05) is 0 Å². The van der Waals surface area contributed by atoms with Gasteiger partial charge in [-0.15, -0.1) is 12.4 Å². The van der Waals surface area contributed by atoms with Gasteiger partial charge in [0, 0.05) is 18.0 Å². The van der Waals surface area contributed by atoms with Crippen molar-refractivity contribution in [1.82, 2.24) is 5.32 Å². The molecule has 100 valence electrons. The summed E-state index contributed by atoms with van der Waals surface area (Å²) in [6, 6.07) is 0.180. The molecule has 0 heterocycles. The zero-order chi connectivity index (χ0) is 11.6. The first-order valence-electron chi connectivity index (χ1n) is 6.72. The highest BCUT2D eigenvalue weighted by Crippen LogP contribution is 2.41. The van der Waals surface area contributed by atoms with Crippen molar-refractivity contribution in [3.63, 3.8) is 0 Å². The Morgan fingerprint density at radius 1 is 1.41 bits per heavy atom. The van der Waals surface area contributed by atoms with Gasteiger partial charge in [0.05, 0.1) is 0 Å². The van der Waals surface area contributed by atoms with E-state index in [1.54, 1.807) is 0 Å². The molecule has 0 aromatic heterocycles. The number of nitrogens with two attached hydrogens (primary N) is 1. The molecule has 3 N–H and O–H groups in total. The second kappa shape index (κ2) is 6.05. The largest absolute Gasteiger partial charge is 0.354 e. The first-order valence-corrected chi connectivity index (χ1v) is 6.72. The molecular formula is C13H25ClN2O. The van der Waals surface area contributed by atoms with Crippen molar-refractivity contribution in [3.05, 3.63) is 0 Å². The lowest BCUT2D eigenvalue weighted by Gasteiger charge is -2.26. The van der Waals surface area contributed by atoms with Gasteiger partial charge in [-0.3, -0.25) is 4.79 Å². The highest BCUT2D eigenvalue weighted by atomic mass is 35.5. The Labute approximate surface area is 110 Å². The molecular weight excluding hydrogens is 236 g/mol. The summed E-state index contributed by atoms with van der Waals surface area (Å²) in [7, 11) is 0. The Kier molecular flexibility index (Phi) is 5.26. The maximum atomic E-state index is 12.2. The monoisotopic (exact) mass is 260 g/mol. The van der Waals surface area contributed by atoms with E-state index in [-0.39, 0.29) is 29.8 Å². The molecule has 17 heavy (non-hydrogen) atoms. The van der Waals surface area contributed by atoms with Gasteiger partial charge in [-0.25, -0.2) is 0 Å². The molecule has 2 aliphatic rings. The SMILES string of the molecule is CCC1(C(=O)NCC(N)C2CC2)CCCC1.Cl. The van der Waals surface area contributed by atoms with E-state index in [2.05, 4.69) is 12.2 Å². The van der Waals surface area contributed by atoms with Gasteiger partial charge in [0.15, 0.2) is 0 Å². The lowest BCUT2D eigenvalue weighted by Crippen LogP contribution is -2.45. The zero-order valence-electron chi connectivity index (χ0n) is 10.7. The van der Waals surface area contributed by atoms with Crippen LogP contribution in [0.1, 0.15) is 51.9 Å². The van der Waals surface area contributed by atoms with Crippen molar-refractivity contribution in [1.29, 1.82) is 0 Å². The Morgan fingerprint density at radius 3 is 2.47 bits per heavy atom. The molecule has 4 heteroatoms. The third kappa shape index (κ3) is 3.35. The van der Waals surface area contributed by atoms with Gasteiger partial charge in [0.1, 0.15) is 0 Å². The van der Waals surface area contributed by atoms with Crippen LogP contribution in [0.5, 0.6) is 0 Å². The van der Waals surface area contributed by atoms with Gasteiger partial charge in [-0.1, -0.05) is 19.8 Å². The normalized spacial score (nSPS) is 23.9. The molecule has 2 fully saturated rings. The Bertz CT molecular complexity index is 260. The predicted octanol–water partition coefficient (Wildman–Crippen LogP) is 2.23. The molecule has 0 radical (unpaired) electrons. The summed E-state index contributed by atoms with van der Waals surface area (Å²) in [6.07, 6.45) is 8.00. The molecule has 0 saturated heterocycles. The van der Waals surface area contributed by atoms with Crippen LogP contribution < -0.4 is 11.1 Å². The lowest BCUT2D eigenvalue weighted by molar-refractivity contribution is -0.131. The number of rotatable bonds is 5. The molecule has 2 rings (SSSR count). The quantitative estimate of drug-likeness (QED) is 0.797. The number of amides is 1. The second-order valence-electron chi connectivity index (χ2n) is 5.55. The molecule has 0 aromatic carbocycles. The molecule has 0 bridgehead atoms.